The number of primary amides is 1. The summed E-state index contributed by atoms with van der Waals surface area (Å²) in [5, 5.41) is 1.66. The van der Waals surface area contributed by atoms with Crippen LogP contribution in [0, 0.1) is 15.2 Å². The molecule has 0 unspecified atom stereocenters. The molecule has 0 fully saturated rings. The maximum absolute atomic E-state index is 14.9. The van der Waals surface area contributed by atoms with Gasteiger partial charge in [-0.3, -0.25) is 9.59 Å². The minimum Gasteiger partial charge on any atom is -0.366 e. The lowest BCUT2D eigenvalue weighted by atomic mass is 9.91. The molecule has 3 aromatic carbocycles. The van der Waals surface area contributed by atoms with Crippen molar-refractivity contribution in [3.05, 3.63) is 86.0 Å². The van der Waals surface area contributed by atoms with Crippen LogP contribution in [0.15, 0.2) is 48.5 Å². The van der Waals surface area contributed by atoms with E-state index in [0.29, 0.717) is 12.1 Å². The topological polar surface area (TPSA) is 72.2 Å². The molecule has 17 heteroatoms. The maximum atomic E-state index is 14.9. The number of anilines is 1. The highest BCUT2D eigenvalue weighted by atomic mass is 127. The number of amides is 2. The zero-order chi connectivity index (χ0) is 31.3. The molecule has 0 saturated heterocycles. The van der Waals surface area contributed by atoms with Crippen molar-refractivity contribution in [2.24, 2.45) is 5.73 Å². The summed E-state index contributed by atoms with van der Waals surface area (Å²) >= 11 is 0.856. The lowest BCUT2D eigenvalue weighted by Crippen LogP contribution is -2.50. The Balaban J connectivity index is 2.22. The lowest BCUT2D eigenvalue weighted by molar-refractivity contribution is -0.348. The molecule has 0 heterocycles. The van der Waals surface area contributed by atoms with E-state index in [1.165, 1.54) is 0 Å². The third-order valence-electron chi connectivity index (χ3n) is 5.61. The highest BCUT2D eigenvalue weighted by Crippen LogP contribution is 2.54. The first-order valence-corrected chi connectivity index (χ1v) is 11.6. The molecule has 3 aromatic rings. The second-order valence-corrected chi connectivity index (χ2v) is 9.34. The summed E-state index contributed by atoms with van der Waals surface area (Å²) in [7, 11) is 0. The van der Waals surface area contributed by atoms with Crippen LogP contribution in [0.25, 0.3) is 11.1 Å². The SMILES string of the molecule is NC(=O)c1ccc(F)c(-c2ccccc2C(=O)Nc2c(I)cc(C(F)(C(F)(F)F)C(F)(F)F)cc2C(F)(F)F)c1F. The van der Waals surface area contributed by atoms with Crippen molar-refractivity contribution in [2.75, 3.05) is 5.32 Å². The van der Waals surface area contributed by atoms with E-state index < -0.39 is 96.4 Å². The van der Waals surface area contributed by atoms with Gasteiger partial charge < -0.3 is 11.1 Å². The van der Waals surface area contributed by atoms with Crippen LogP contribution in [0.4, 0.5) is 58.4 Å². The number of nitrogens with two attached hydrogens (primary N) is 1. The van der Waals surface area contributed by atoms with Gasteiger partial charge in [0.05, 0.1) is 22.4 Å². The third-order valence-corrected chi connectivity index (χ3v) is 6.46. The van der Waals surface area contributed by atoms with Crippen LogP contribution in [0.2, 0.25) is 0 Å². The molecule has 4 nitrogen and oxygen atoms in total. The number of carbonyl (C=O) groups is 2. The van der Waals surface area contributed by atoms with Crippen molar-refractivity contribution < 1.29 is 62.3 Å². The molecule has 0 bridgehead atoms. The van der Waals surface area contributed by atoms with Crippen molar-refractivity contribution in [2.45, 2.75) is 24.2 Å². The van der Waals surface area contributed by atoms with Gasteiger partial charge in [-0.15, -0.1) is 0 Å². The van der Waals surface area contributed by atoms with E-state index in [9.17, 15) is 62.3 Å². The molecule has 3 rings (SSSR count). The van der Waals surface area contributed by atoms with Crippen LogP contribution in [0.3, 0.4) is 0 Å². The van der Waals surface area contributed by atoms with Gasteiger partial charge in [-0.1, -0.05) is 18.2 Å². The molecule has 0 aliphatic carbocycles. The van der Waals surface area contributed by atoms with E-state index in [1.807, 2.05) is 0 Å². The first-order chi connectivity index (χ1) is 18.6. The van der Waals surface area contributed by atoms with Crippen LogP contribution in [-0.4, -0.2) is 24.2 Å². The molecular formula is C24H11F12IN2O2. The fraction of sp³-hybridized carbons (Fsp3) is 0.167. The summed E-state index contributed by atoms with van der Waals surface area (Å²) in [6.45, 7) is 0. The second kappa shape index (κ2) is 10.7. The summed E-state index contributed by atoms with van der Waals surface area (Å²) in [6.07, 6.45) is -19.2. The van der Waals surface area contributed by atoms with Crippen LogP contribution in [-0.2, 0) is 11.8 Å². The van der Waals surface area contributed by atoms with Gasteiger partial charge in [0.15, 0.2) is 0 Å². The van der Waals surface area contributed by atoms with Gasteiger partial charge >= 0.3 is 24.2 Å². The Morgan fingerprint density at radius 2 is 1.34 bits per heavy atom. The van der Waals surface area contributed by atoms with Gasteiger partial charge in [0.25, 0.3) is 11.8 Å². The molecule has 3 N–H and O–H groups in total. The summed E-state index contributed by atoms with van der Waals surface area (Å²) in [5.41, 5.74) is -10.5. The number of hydrogen-bond acceptors (Lipinski definition) is 2. The summed E-state index contributed by atoms with van der Waals surface area (Å²) in [4.78, 5) is 24.5. The Kier molecular flexibility index (Phi) is 8.37. The predicted molar refractivity (Wildman–Crippen MR) is 127 cm³/mol. The quantitative estimate of drug-likeness (QED) is 0.209. The fourth-order valence-corrected chi connectivity index (χ4v) is 4.47. The normalized spacial score (nSPS) is 12.8. The van der Waals surface area contributed by atoms with E-state index in [1.54, 1.807) is 5.32 Å². The predicted octanol–water partition coefficient (Wildman–Crippen LogP) is 7.90. The number of rotatable bonds is 5. The highest BCUT2D eigenvalue weighted by molar-refractivity contribution is 14.1. The first-order valence-electron chi connectivity index (χ1n) is 10.5. The van der Waals surface area contributed by atoms with Crippen LogP contribution >= 0.6 is 22.6 Å². The molecule has 0 atom stereocenters. The summed E-state index contributed by atoms with van der Waals surface area (Å²) < 4.78 is 164. The Hall–Kier alpha value is -3.51. The number of hydrogen-bond donors (Lipinski definition) is 2. The number of carbonyl (C=O) groups excluding carboxylic acids is 2. The molecule has 0 aliphatic heterocycles. The highest BCUT2D eigenvalue weighted by Gasteiger charge is 2.73. The molecule has 41 heavy (non-hydrogen) atoms. The zero-order valence-corrected chi connectivity index (χ0v) is 21.6. The zero-order valence-electron chi connectivity index (χ0n) is 19.4. The van der Waals surface area contributed by atoms with E-state index >= 15 is 0 Å². The van der Waals surface area contributed by atoms with E-state index in [-0.39, 0.29) is 6.07 Å². The monoisotopic (exact) mass is 714 g/mol. The van der Waals surface area contributed by atoms with Crippen molar-refractivity contribution in [1.82, 2.24) is 0 Å². The minimum atomic E-state index is -6.73. The van der Waals surface area contributed by atoms with Gasteiger partial charge in [-0.25, -0.2) is 13.2 Å². The first kappa shape index (κ1) is 32.0. The molecule has 0 saturated carbocycles. The largest absolute Gasteiger partial charge is 0.435 e. The van der Waals surface area contributed by atoms with Crippen LogP contribution < -0.4 is 11.1 Å². The fourth-order valence-electron chi connectivity index (χ4n) is 3.71. The maximum Gasteiger partial charge on any atom is 0.435 e. The third kappa shape index (κ3) is 5.80. The number of nitrogens with one attached hydrogen (secondary N) is 1. The Labute approximate surface area is 234 Å². The molecule has 0 spiro atoms. The smallest absolute Gasteiger partial charge is 0.366 e. The van der Waals surface area contributed by atoms with Gasteiger partial charge in [0, 0.05) is 20.3 Å². The van der Waals surface area contributed by atoms with Gasteiger partial charge in [-0.05, 0) is 52.9 Å². The van der Waals surface area contributed by atoms with Crippen molar-refractivity contribution >= 4 is 40.1 Å². The average Bonchev–Trinajstić information content (AvgIpc) is 2.82. The Morgan fingerprint density at radius 3 is 1.85 bits per heavy atom. The average molecular weight is 714 g/mol. The molecule has 220 valence electrons. The molecule has 0 aromatic heterocycles. The number of benzene rings is 3. The van der Waals surface area contributed by atoms with Gasteiger partial charge in [-0.2, -0.15) is 39.5 Å². The molecular weight excluding hydrogens is 703 g/mol. The Bertz CT molecular complexity index is 1520. The number of alkyl halides is 10. The van der Waals surface area contributed by atoms with Crippen LogP contribution in [0.1, 0.15) is 31.8 Å². The summed E-state index contributed by atoms with van der Waals surface area (Å²) in [5.74, 6) is -5.76. The lowest BCUT2D eigenvalue weighted by Gasteiger charge is -2.31. The standard InChI is InChI=1S/C24H11F12IN2O2/c25-14-6-5-12(19(38)40)17(26)16(14)10-3-1-2-4-11(10)20(41)39-18-13(22(28,29)30)7-9(8-15(18)37)21(27,23(31,32)33)24(34,35)36/h1-8H,(H2,38,40)(H,39,41). The summed E-state index contributed by atoms with van der Waals surface area (Å²) in [6, 6.07) is 4.42. The van der Waals surface area contributed by atoms with E-state index in [4.69, 9.17) is 5.73 Å². The molecule has 0 aliphatic rings. The Morgan fingerprint density at radius 1 is 0.780 bits per heavy atom. The van der Waals surface area contributed by atoms with Crippen LogP contribution in [0.5, 0.6) is 0 Å². The molecule has 2 amide bonds. The molecule has 0 radical (unpaired) electrons. The van der Waals surface area contributed by atoms with Crippen molar-refractivity contribution in [3.63, 3.8) is 0 Å². The van der Waals surface area contributed by atoms with E-state index in [2.05, 4.69) is 0 Å². The van der Waals surface area contributed by atoms with Crippen molar-refractivity contribution in [1.29, 1.82) is 0 Å². The minimum absolute atomic E-state index is 0.187. The van der Waals surface area contributed by atoms with E-state index in [0.717, 1.165) is 46.9 Å². The van der Waals surface area contributed by atoms with Crippen molar-refractivity contribution in [3.8, 4) is 11.1 Å². The van der Waals surface area contributed by atoms with Gasteiger partial charge in [0.2, 0.25) is 0 Å². The van der Waals surface area contributed by atoms with Gasteiger partial charge in [0.1, 0.15) is 11.6 Å². The second-order valence-electron chi connectivity index (χ2n) is 8.18. The number of halogens is 13.